The molecule has 3 nitrogen and oxygen atoms in total. The zero-order valence-electron chi connectivity index (χ0n) is 17.4. The zero-order valence-corrected chi connectivity index (χ0v) is 28.4. The fraction of sp³-hybridized carbons (Fsp3) is 0.545. The Kier molecular flexibility index (Phi) is 28.1. The van der Waals surface area contributed by atoms with E-state index in [1.165, 1.54) is 19.8 Å². The van der Waals surface area contributed by atoms with E-state index in [9.17, 15) is 9.59 Å². The number of unbranched alkanes of at least 4 members (excludes halogenated alkanes) is 5. The third-order valence-corrected chi connectivity index (χ3v) is 3.59. The van der Waals surface area contributed by atoms with Gasteiger partial charge >= 0.3 is 66.5 Å². The van der Waals surface area contributed by atoms with Gasteiger partial charge in [-0.1, -0.05) is 69.2 Å². The molecular formula is C22H38O3Pb2. The molecule has 4 radical (unpaired) electrons. The fourth-order valence-electron chi connectivity index (χ4n) is 2.13. The van der Waals surface area contributed by atoms with Crippen molar-refractivity contribution in [1.29, 1.82) is 0 Å². The first-order valence-electron chi connectivity index (χ1n) is 9.43. The van der Waals surface area contributed by atoms with E-state index in [2.05, 4.69) is 54.7 Å². The topological polar surface area (TPSA) is 43.4 Å². The number of rotatable bonds is 14. The van der Waals surface area contributed by atoms with Gasteiger partial charge in [-0.3, -0.25) is 4.79 Å². The van der Waals surface area contributed by atoms with Crippen molar-refractivity contribution in [3.8, 4) is 0 Å². The number of hydrogen-bond donors (Lipinski definition) is 0. The molecule has 0 spiro atoms. The van der Waals surface area contributed by atoms with Crippen LogP contribution >= 0.6 is 0 Å². The van der Waals surface area contributed by atoms with Gasteiger partial charge in [-0.25, -0.2) is 4.79 Å². The monoisotopic (exact) mass is 766 g/mol. The van der Waals surface area contributed by atoms with Crippen LogP contribution < -0.4 is 0 Å². The summed E-state index contributed by atoms with van der Waals surface area (Å²) in [7, 11) is 0. The molecule has 0 N–H and O–H groups in total. The zero-order chi connectivity index (χ0) is 18.8. The van der Waals surface area contributed by atoms with Crippen LogP contribution in [0.2, 0.25) is 0 Å². The van der Waals surface area contributed by atoms with Crippen LogP contribution in [-0.2, 0) is 14.3 Å². The van der Waals surface area contributed by atoms with E-state index in [0.717, 1.165) is 44.9 Å². The Morgan fingerprint density at radius 3 is 1.93 bits per heavy atom. The Bertz CT molecular complexity index is 480. The normalized spacial score (nSPS) is 10.7. The molecule has 0 saturated carbocycles. The summed E-state index contributed by atoms with van der Waals surface area (Å²) in [5.41, 5.74) is 0.255. The number of hydrogen-bond acceptors (Lipinski definition) is 3. The molecule has 0 unspecified atom stereocenters. The van der Waals surface area contributed by atoms with Gasteiger partial charge in [0.1, 0.15) is 0 Å². The van der Waals surface area contributed by atoms with Crippen molar-refractivity contribution in [2.45, 2.75) is 78.1 Å². The molecule has 0 aliphatic heterocycles. The molecule has 0 bridgehead atoms. The molecule has 0 rings (SSSR count). The molecule has 0 aliphatic carbocycles. The maximum absolute atomic E-state index is 11.4. The summed E-state index contributed by atoms with van der Waals surface area (Å²) in [6, 6.07) is 0. The first-order valence-corrected chi connectivity index (χ1v) is 9.43. The van der Waals surface area contributed by atoms with Crippen molar-refractivity contribution in [3.63, 3.8) is 0 Å². The Morgan fingerprint density at radius 2 is 1.33 bits per heavy atom. The van der Waals surface area contributed by atoms with E-state index in [4.69, 9.17) is 0 Å². The standard InChI is InChI=1S/C22H34O3.2Pb.4H/c1-4-5-6-7-8-9-10-11-12-13-14-15-16-17-18-19-21(23)25-22(24)20(2)3;;;;;;/h5-6,8-9,11-12H,2,4,7,10,13-19H2,1,3H3;;;;;;/b6-5-,9-8-,12-11-;;;;;;. The van der Waals surface area contributed by atoms with Gasteiger partial charge in [0.05, 0.1) is 0 Å². The van der Waals surface area contributed by atoms with Gasteiger partial charge in [-0.15, -0.1) is 0 Å². The van der Waals surface area contributed by atoms with E-state index in [1.54, 1.807) is 0 Å². The number of ether oxygens (including phenoxy) is 1. The van der Waals surface area contributed by atoms with E-state index in [-0.39, 0.29) is 60.2 Å². The predicted octanol–water partition coefficient (Wildman–Crippen LogP) is 4.39. The molecule has 0 atom stereocenters. The van der Waals surface area contributed by atoms with Gasteiger partial charge < -0.3 is 4.74 Å². The van der Waals surface area contributed by atoms with E-state index in [1.807, 2.05) is 0 Å². The van der Waals surface area contributed by atoms with Gasteiger partial charge in [-0.05, 0) is 45.4 Å². The number of esters is 2. The second-order valence-corrected chi connectivity index (χ2v) is 6.14. The molecule has 5 heteroatoms. The van der Waals surface area contributed by atoms with Gasteiger partial charge in [0.15, 0.2) is 0 Å². The Hall–Kier alpha value is -0.0558. The van der Waals surface area contributed by atoms with Gasteiger partial charge in [0.2, 0.25) is 0 Å². The van der Waals surface area contributed by atoms with E-state index >= 15 is 0 Å². The van der Waals surface area contributed by atoms with Crippen molar-refractivity contribution in [2.75, 3.05) is 0 Å². The van der Waals surface area contributed by atoms with Gasteiger partial charge in [0, 0.05) is 12.0 Å². The molecule has 27 heavy (non-hydrogen) atoms. The summed E-state index contributed by atoms with van der Waals surface area (Å²) in [5.74, 6) is -1.07. The molecule has 0 aromatic heterocycles. The van der Waals surface area contributed by atoms with Crippen LogP contribution in [-0.4, -0.2) is 66.5 Å². The van der Waals surface area contributed by atoms with Crippen LogP contribution in [0.1, 0.15) is 78.1 Å². The molecule has 0 aromatic rings. The van der Waals surface area contributed by atoms with Crippen LogP contribution in [0.4, 0.5) is 0 Å². The molecule has 152 valence electrons. The first kappa shape index (κ1) is 31.6. The average molecular weight is 765 g/mol. The first-order chi connectivity index (χ1) is 12.1. The Morgan fingerprint density at radius 1 is 0.815 bits per heavy atom. The molecular weight excluding hydrogens is 727 g/mol. The molecule has 0 amide bonds. The summed E-state index contributed by atoms with van der Waals surface area (Å²) < 4.78 is 4.64. The molecule has 0 aliphatic rings. The third kappa shape index (κ3) is 23.9. The van der Waals surface area contributed by atoms with Crippen LogP contribution in [0.5, 0.6) is 0 Å². The molecule has 0 aromatic carbocycles. The SMILES string of the molecule is C=C(C)C(=O)OC(=O)CCCCCCC/C=C\C/C=C\C/C=C\CC.[PbH2].[PbH2]. The van der Waals surface area contributed by atoms with Crippen LogP contribution in [0.15, 0.2) is 48.6 Å². The fourth-order valence-corrected chi connectivity index (χ4v) is 2.13. The Labute approximate surface area is 206 Å². The number of carbonyl (C=O) groups is 2. The molecule has 0 heterocycles. The average Bonchev–Trinajstić information content (AvgIpc) is 2.58. The minimum absolute atomic E-state index is 0. The number of allylic oxidation sites excluding steroid dienone is 6. The second-order valence-electron chi connectivity index (χ2n) is 6.14. The molecule has 0 saturated heterocycles. The summed E-state index contributed by atoms with van der Waals surface area (Å²) in [4.78, 5) is 22.5. The van der Waals surface area contributed by atoms with E-state index in [0.29, 0.717) is 6.42 Å². The summed E-state index contributed by atoms with van der Waals surface area (Å²) >= 11 is 0. The Balaban J connectivity index is -0.00000288. The van der Waals surface area contributed by atoms with Crippen LogP contribution in [0.25, 0.3) is 0 Å². The van der Waals surface area contributed by atoms with Crippen molar-refractivity contribution < 1.29 is 14.3 Å². The summed E-state index contributed by atoms with van der Waals surface area (Å²) in [6.45, 7) is 7.12. The van der Waals surface area contributed by atoms with Crippen molar-refractivity contribution >= 4 is 66.5 Å². The third-order valence-electron chi connectivity index (χ3n) is 3.59. The van der Waals surface area contributed by atoms with Gasteiger partial charge in [-0.2, -0.15) is 0 Å². The van der Waals surface area contributed by atoms with Crippen molar-refractivity contribution in [1.82, 2.24) is 0 Å². The quantitative estimate of drug-likeness (QED) is 0.0659. The van der Waals surface area contributed by atoms with Crippen LogP contribution in [0.3, 0.4) is 0 Å². The predicted molar refractivity (Wildman–Crippen MR) is 122 cm³/mol. The van der Waals surface area contributed by atoms with E-state index < -0.39 is 11.9 Å². The minimum atomic E-state index is -0.621. The van der Waals surface area contributed by atoms with Crippen molar-refractivity contribution in [3.05, 3.63) is 48.6 Å². The maximum atomic E-state index is 11.4. The van der Waals surface area contributed by atoms with Crippen LogP contribution in [0, 0.1) is 0 Å². The summed E-state index contributed by atoms with van der Waals surface area (Å²) in [5, 5.41) is 0. The van der Waals surface area contributed by atoms with Gasteiger partial charge in [0.25, 0.3) is 0 Å². The second kappa shape index (κ2) is 24.0. The number of carbonyl (C=O) groups excluding carboxylic acids is 2. The van der Waals surface area contributed by atoms with Crippen molar-refractivity contribution in [2.24, 2.45) is 0 Å². The molecule has 0 fully saturated rings. The summed E-state index contributed by atoms with van der Waals surface area (Å²) in [6.07, 6.45) is 23.0.